The third-order valence-electron chi connectivity index (χ3n) is 11.5. The number of epoxide rings is 1. The van der Waals surface area contributed by atoms with Gasteiger partial charge in [0.05, 0.1) is 37.9 Å². The number of hydrogen-bond acceptors (Lipinski definition) is 9. The Morgan fingerprint density at radius 3 is 2.48 bits per heavy atom. The summed E-state index contributed by atoms with van der Waals surface area (Å²) in [6.07, 6.45) is 3.02. The van der Waals surface area contributed by atoms with Crippen molar-refractivity contribution in [3.8, 4) is 0 Å². The van der Waals surface area contributed by atoms with Crippen LogP contribution in [0.15, 0.2) is 23.0 Å². The zero-order valence-electron chi connectivity index (χ0n) is 24.4. The van der Waals surface area contributed by atoms with Crippen LogP contribution in [0.25, 0.3) is 0 Å². The summed E-state index contributed by atoms with van der Waals surface area (Å²) in [5.74, 6) is -3.09. The molecule has 9 nitrogen and oxygen atoms in total. The van der Waals surface area contributed by atoms with Gasteiger partial charge in [0.1, 0.15) is 29.7 Å². The Labute approximate surface area is 234 Å². The van der Waals surface area contributed by atoms with Gasteiger partial charge in [0.2, 0.25) is 0 Å². The van der Waals surface area contributed by atoms with E-state index in [1.807, 2.05) is 26.8 Å². The fourth-order valence-corrected chi connectivity index (χ4v) is 9.57. The van der Waals surface area contributed by atoms with Crippen molar-refractivity contribution >= 4 is 23.7 Å². The highest BCUT2D eigenvalue weighted by atomic mass is 16.6. The quantitative estimate of drug-likeness (QED) is 0.294. The van der Waals surface area contributed by atoms with Crippen LogP contribution in [0.2, 0.25) is 0 Å². The van der Waals surface area contributed by atoms with Gasteiger partial charge in [-0.25, -0.2) is 0 Å². The standard InChI is InChI=1S/C31H40O9/c1-15(2)27(35)39-25-22-23(34)30(6,18(28(25,3)4)12-20(32)36-7)17-8-10-29(5)19(31(17)26(22)40-31)13-21(33)38-24(29)16-9-11-37-14-16/h9,11,14-15,17-19,22,24-26H,8,10,12-13H2,1-7H3/t17-,18+,19-,22+,24+,25-,26-,29-,30+,31+/m1/s1. The summed E-state index contributed by atoms with van der Waals surface area (Å²) in [5.41, 5.74) is -2.07. The zero-order valence-corrected chi connectivity index (χ0v) is 24.4. The maximum absolute atomic E-state index is 14.6. The molecule has 40 heavy (non-hydrogen) atoms. The third kappa shape index (κ3) is 3.36. The minimum atomic E-state index is -0.941. The Bertz CT molecular complexity index is 1250. The molecule has 5 aliphatic rings. The Kier molecular flexibility index (Phi) is 5.95. The molecule has 2 aliphatic heterocycles. The number of fused-ring (bicyclic) bond motifs is 5. The van der Waals surface area contributed by atoms with Crippen LogP contribution in [0.3, 0.4) is 0 Å². The van der Waals surface area contributed by atoms with Crippen LogP contribution in [0.4, 0.5) is 0 Å². The van der Waals surface area contributed by atoms with Crippen LogP contribution in [-0.2, 0) is 38.1 Å². The minimum absolute atomic E-state index is 0.0150. The van der Waals surface area contributed by atoms with E-state index in [2.05, 4.69) is 6.92 Å². The van der Waals surface area contributed by atoms with Crippen LogP contribution >= 0.6 is 0 Å². The zero-order chi connectivity index (χ0) is 29.0. The largest absolute Gasteiger partial charge is 0.472 e. The SMILES string of the molecule is COC(=O)C[C@H]1C(C)(C)[C@H](OC(=O)C(C)C)[C@@H]2C(=O)[C@@]1(C)[C@H]1CC[C@]3(C)[C@@H](CC(=O)O[C@H]3c3ccoc3)[C@@]13O[C@H]23. The lowest BCUT2D eigenvalue weighted by Crippen LogP contribution is -2.72. The van der Waals surface area contributed by atoms with E-state index in [1.165, 1.54) is 7.11 Å². The van der Waals surface area contributed by atoms with Crippen molar-refractivity contribution in [3.05, 3.63) is 24.2 Å². The molecule has 0 radical (unpaired) electrons. The van der Waals surface area contributed by atoms with E-state index in [-0.39, 0.29) is 42.3 Å². The number of rotatable bonds is 5. The van der Waals surface area contributed by atoms with Gasteiger partial charge in [-0.15, -0.1) is 0 Å². The molecule has 1 spiro atoms. The predicted octanol–water partition coefficient (Wildman–Crippen LogP) is 4.43. The second-order valence-corrected chi connectivity index (χ2v) is 14.0. The Morgan fingerprint density at radius 1 is 1.12 bits per heavy atom. The van der Waals surface area contributed by atoms with E-state index >= 15 is 0 Å². The molecule has 9 heteroatoms. The van der Waals surface area contributed by atoms with Gasteiger partial charge in [0, 0.05) is 40.1 Å². The summed E-state index contributed by atoms with van der Waals surface area (Å²) in [4.78, 5) is 53.5. The van der Waals surface area contributed by atoms with Crippen molar-refractivity contribution in [2.24, 2.45) is 45.8 Å². The minimum Gasteiger partial charge on any atom is -0.472 e. The van der Waals surface area contributed by atoms with Crippen LogP contribution < -0.4 is 0 Å². The van der Waals surface area contributed by atoms with Crippen LogP contribution in [0.1, 0.15) is 78.9 Å². The second kappa shape index (κ2) is 8.66. The van der Waals surface area contributed by atoms with Gasteiger partial charge >= 0.3 is 17.9 Å². The van der Waals surface area contributed by atoms with Gasteiger partial charge in [-0.3, -0.25) is 19.2 Å². The number of esters is 3. The molecule has 3 heterocycles. The Hall–Kier alpha value is -2.68. The van der Waals surface area contributed by atoms with Gasteiger partial charge in [-0.1, -0.05) is 41.5 Å². The molecule has 10 atom stereocenters. The molecule has 5 fully saturated rings. The summed E-state index contributed by atoms with van der Waals surface area (Å²) >= 11 is 0. The summed E-state index contributed by atoms with van der Waals surface area (Å²) in [6, 6.07) is 1.83. The molecule has 2 bridgehead atoms. The number of cyclic esters (lactones) is 1. The number of ether oxygens (including phenoxy) is 4. The van der Waals surface area contributed by atoms with Gasteiger partial charge < -0.3 is 23.4 Å². The topological polar surface area (TPSA) is 122 Å². The molecule has 0 unspecified atom stereocenters. The van der Waals surface area contributed by atoms with Crippen molar-refractivity contribution in [3.63, 3.8) is 0 Å². The first kappa shape index (κ1) is 27.5. The maximum Gasteiger partial charge on any atom is 0.308 e. The van der Waals surface area contributed by atoms with Gasteiger partial charge in [0.25, 0.3) is 0 Å². The number of methoxy groups -OCH3 is 1. The number of Topliss-reactive ketones (excluding diaryl/α,β-unsaturated/α-hetero) is 1. The van der Waals surface area contributed by atoms with Crippen molar-refractivity contribution in [1.29, 1.82) is 0 Å². The molecule has 2 saturated heterocycles. The van der Waals surface area contributed by atoms with Gasteiger partial charge in [-0.05, 0) is 24.8 Å². The average molecular weight is 557 g/mol. The summed E-state index contributed by atoms with van der Waals surface area (Å²) in [5, 5.41) is 0. The summed E-state index contributed by atoms with van der Waals surface area (Å²) in [6.45, 7) is 11.6. The number of carbonyl (C=O) groups excluding carboxylic acids is 4. The van der Waals surface area contributed by atoms with E-state index in [4.69, 9.17) is 23.4 Å². The highest BCUT2D eigenvalue weighted by Gasteiger charge is 2.86. The van der Waals surface area contributed by atoms with E-state index in [0.717, 1.165) is 5.56 Å². The first-order chi connectivity index (χ1) is 18.7. The van der Waals surface area contributed by atoms with Crippen LogP contribution in [0, 0.1) is 45.8 Å². The second-order valence-electron chi connectivity index (χ2n) is 14.0. The molecule has 0 amide bonds. The molecule has 3 saturated carbocycles. The fraction of sp³-hybridized carbons (Fsp3) is 0.742. The fourth-order valence-electron chi connectivity index (χ4n) is 9.57. The smallest absolute Gasteiger partial charge is 0.308 e. The van der Waals surface area contributed by atoms with Crippen molar-refractivity contribution in [1.82, 2.24) is 0 Å². The lowest BCUT2D eigenvalue weighted by Gasteiger charge is -2.65. The highest BCUT2D eigenvalue weighted by Crippen LogP contribution is 2.77. The van der Waals surface area contributed by atoms with E-state index in [9.17, 15) is 19.2 Å². The van der Waals surface area contributed by atoms with Crippen LogP contribution in [-0.4, -0.2) is 48.6 Å². The molecule has 6 rings (SSSR count). The predicted molar refractivity (Wildman–Crippen MR) is 139 cm³/mol. The molecule has 0 aromatic carbocycles. The Morgan fingerprint density at radius 2 is 1.85 bits per heavy atom. The molecular formula is C31H40O9. The van der Waals surface area contributed by atoms with Gasteiger partial charge in [0.15, 0.2) is 0 Å². The van der Waals surface area contributed by atoms with E-state index < -0.39 is 63.9 Å². The Balaban J connectivity index is 1.49. The van der Waals surface area contributed by atoms with Gasteiger partial charge in [-0.2, -0.15) is 0 Å². The number of ketones is 1. The molecule has 218 valence electrons. The average Bonchev–Trinajstić information content (AvgIpc) is 3.35. The van der Waals surface area contributed by atoms with E-state index in [1.54, 1.807) is 26.4 Å². The number of carbonyl (C=O) groups is 4. The first-order valence-corrected chi connectivity index (χ1v) is 14.5. The van der Waals surface area contributed by atoms with Crippen molar-refractivity contribution in [2.45, 2.75) is 91.1 Å². The number of hydrogen-bond donors (Lipinski definition) is 0. The monoisotopic (exact) mass is 556 g/mol. The highest BCUT2D eigenvalue weighted by molar-refractivity contribution is 5.93. The number of furan rings is 1. The molecule has 1 aromatic rings. The van der Waals surface area contributed by atoms with Crippen LogP contribution in [0.5, 0.6) is 0 Å². The lowest BCUT2D eigenvalue weighted by atomic mass is 9.37. The lowest BCUT2D eigenvalue weighted by molar-refractivity contribution is -0.222. The third-order valence-corrected chi connectivity index (χ3v) is 11.5. The molecule has 3 aliphatic carbocycles. The maximum atomic E-state index is 14.6. The molecule has 0 N–H and O–H groups in total. The van der Waals surface area contributed by atoms with E-state index in [0.29, 0.717) is 12.8 Å². The van der Waals surface area contributed by atoms with Crippen molar-refractivity contribution in [2.75, 3.05) is 7.11 Å². The summed E-state index contributed by atoms with van der Waals surface area (Å²) < 4.78 is 29.3. The molecule has 1 aromatic heterocycles. The van der Waals surface area contributed by atoms with Crippen molar-refractivity contribution < 1.29 is 42.5 Å². The first-order valence-electron chi connectivity index (χ1n) is 14.5. The summed E-state index contributed by atoms with van der Waals surface area (Å²) in [7, 11) is 1.35. The molecular weight excluding hydrogens is 516 g/mol. The normalized spacial score (nSPS) is 44.5.